The van der Waals surface area contributed by atoms with E-state index in [4.69, 9.17) is 11.6 Å². The Morgan fingerprint density at radius 1 is 1.14 bits per heavy atom. The van der Waals surface area contributed by atoms with Crippen LogP contribution in [0.2, 0.25) is 5.02 Å². The van der Waals surface area contributed by atoms with Gasteiger partial charge in [0.25, 0.3) is 0 Å². The Hall–Kier alpha value is -1.38. The molecule has 0 bridgehead atoms. The van der Waals surface area contributed by atoms with Gasteiger partial charge in [0.15, 0.2) is 0 Å². The van der Waals surface area contributed by atoms with Gasteiger partial charge in [-0.1, -0.05) is 30.2 Å². The van der Waals surface area contributed by atoms with E-state index in [0.29, 0.717) is 6.04 Å². The molecule has 2 aromatic rings. The number of rotatable bonds is 3. The third-order valence-corrected chi connectivity index (χ3v) is 4.55. The Morgan fingerprint density at radius 2 is 1.95 bits per heavy atom. The Labute approximate surface area is 131 Å². The second-order valence-corrected chi connectivity index (χ2v) is 6.34. The van der Waals surface area contributed by atoms with Crippen molar-refractivity contribution in [2.75, 3.05) is 6.54 Å². The minimum atomic E-state index is 0.679. The molecule has 21 heavy (non-hydrogen) atoms. The highest BCUT2D eigenvalue weighted by molar-refractivity contribution is 6.30. The summed E-state index contributed by atoms with van der Waals surface area (Å²) in [6.45, 7) is 4.53. The smallest absolute Gasteiger partial charge is 0.0406 e. The molecule has 3 heteroatoms. The van der Waals surface area contributed by atoms with Gasteiger partial charge in [-0.3, -0.25) is 9.88 Å². The number of nitrogens with zero attached hydrogens (tertiary/aromatic N) is 2. The van der Waals surface area contributed by atoms with Crippen LogP contribution in [0.15, 0.2) is 42.7 Å². The molecule has 1 saturated heterocycles. The van der Waals surface area contributed by atoms with Gasteiger partial charge in [0.05, 0.1) is 0 Å². The quantitative estimate of drug-likeness (QED) is 0.811. The van der Waals surface area contributed by atoms with Crippen LogP contribution < -0.4 is 0 Å². The van der Waals surface area contributed by atoms with E-state index in [9.17, 15) is 0 Å². The van der Waals surface area contributed by atoms with Crippen LogP contribution in [-0.2, 0) is 6.54 Å². The van der Waals surface area contributed by atoms with Crippen molar-refractivity contribution in [3.63, 3.8) is 0 Å². The van der Waals surface area contributed by atoms with Crippen LogP contribution in [0.4, 0.5) is 0 Å². The van der Waals surface area contributed by atoms with E-state index < -0.39 is 0 Å². The molecule has 0 saturated carbocycles. The monoisotopic (exact) mass is 300 g/mol. The minimum Gasteiger partial charge on any atom is -0.296 e. The summed E-state index contributed by atoms with van der Waals surface area (Å²) in [7, 11) is 0. The highest BCUT2D eigenvalue weighted by Crippen LogP contribution is 2.23. The third kappa shape index (κ3) is 3.63. The fourth-order valence-electron chi connectivity index (χ4n) is 3.00. The molecular weight excluding hydrogens is 280 g/mol. The summed E-state index contributed by atoms with van der Waals surface area (Å²) in [5.74, 6) is 0. The molecule has 1 aliphatic rings. The Balaban J connectivity index is 1.78. The highest BCUT2D eigenvalue weighted by atomic mass is 35.5. The van der Waals surface area contributed by atoms with Gasteiger partial charge in [-0.05, 0) is 55.6 Å². The van der Waals surface area contributed by atoms with Crippen LogP contribution in [0.25, 0.3) is 11.1 Å². The maximum absolute atomic E-state index is 5.95. The summed E-state index contributed by atoms with van der Waals surface area (Å²) in [5.41, 5.74) is 3.62. The molecule has 1 atom stereocenters. The molecule has 110 valence electrons. The molecule has 0 amide bonds. The summed E-state index contributed by atoms with van der Waals surface area (Å²) in [4.78, 5) is 6.98. The topological polar surface area (TPSA) is 16.1 Å². The number of halogens is 1. The SMILES string of the molecule is C[C@H]1CCCCN1Cc1cncc(-c2ccc(Cl)cc2)c1. The minimum absolute atomic E-state index is 0.679. The van der Waals surface area contributed by atoms with Crippen LogP contribution in [-0.4, -0.2) is 22.5 Å². The molecule has 0 radical (unpaired) electrons. The molecule has 2 heterocycles. The van der Waals surface area contributed by atoms with E-state index >= 15 is 0 Å². The molecule has 1 aromatic carbocycles. The third-order valence-electron chi connectivity index (χ3n) is 4.30. The van der Waals surface area contributed by atoms with Gasteiger partial charge in [0.2, 0.25) is 0 Å². The van der Waals surface area contributed by atoms with Crippen LogP contribution in [0, 0.1) is 0 Å². The standard InChI is InChI=1S/C18H21ClN2/c1-14-4-2-3-9-21(14)13-15-10-17(12-20-11-15)16-5-7-18(19)8-6-16/h5-8,10-12,14H,2-4,9,13H2,1H3/t14-/m0/s1. The number of likely N-dealkylation sites (tertiary alicyclic amines) is 1. The lowest BCUT2D eigenvalue weighted by Gasteiger charge is -2.33. The van der Waals surface area contributed by atoms with Crippen LogP contribution in [0.1, 0.15) is 31.7 Å². The molecule has 0 spiro atoms. The summed E-state index contributed by atoms with van der Waals surface area (Å²) in [6, 6.07) is 10.9. The van der Waals surface area contributed by atoms with Gasteiger partial charge >= 0.3 is 0 Å². The highest BCUT2D eigenvalue weighted by Gasteiger charge is 2.18. The average molecular weight is 301 g/mol. The average Bonchev–Trinajstić information content (AvgIpc) is 2.51. The van der Waals surface area contributed by atoms with E-state index in [1.165, 1.54) is 36.9 Å². The van der Waals surface area contributed by atoms with Crippen molar-refractivity contribution >= 4 is 11.6 Å². The van der Waals surface area contributed by atoms with Crippen molar-refractivity contribution in [3.05, 3.63) is 53.3 Å². The van der Waals surface area contributed by atoms with E-state index in [0.717, 1.165) is 17.1 Å². The number of hydrogen-bond acceptors (Lipinski definition) is 2. The number of benzene rings is 1. The zero-order valence-electron chi connectivity index (χ0n) is 12.4. The molecule has 0 N–H and O–H groups in total. The first-order valence-electron chi connectivity index (χ1n) is 7.66. The lowest BCUT2D eigenvalue weighted by atomic mass is 10.0. The van der Waals surface area contributed by atoms with Crippen molar-refractivity contribution in [3.8, 4) is 11.1 Å². The van der Waals surface area contributed by atoms with Crippen LogP contribution in [0.5, 0.6) is 0 Å². The van der Waals surface area contributed by atoms with Crippen molar-refractivity contribution in [2.45, 2.75) is 38.8 Å². The number of aromatic nitrogens is 1. The first-order valence-corrected chi connectivity index (χ1v) is 8.04. The number of piperidine rings is 1. The second kappa shape index (κ2) is 6.59. The molecular formula is C18H21ClN2. The lowest BCUT2D eigenvalue weighted by molar-refractivity contribution is 0.152. The zero-order chi connectivity index (χ0) is 14.7. The molecule has 3 rings (SSSR count). The predicted octanol–water partition coefficient (Wildman–Crippen LogP) is 4.78. The Morgan fingerprint density at radius 3 is 2.71 bits per heavy atom. The van der Waals surface area contributed by atoms with Crippen molar-refractivity contribution in [2.24, 2.45) is 0 Å². The van der Waals surface area contributed by atoms with Crippen molar-refractivity contribution in [1.29, 1.82) is 0 Å². The van der Waals surface area contributed by atoms with E-state index in [-0.39, 0.29) is 0 Å². The molecule has 1 aromatic heterocycles. The predicted molar refractivity (Wildman–Crippen MR) is 88.4 cm³/mol. The first-order chi connectivity index (χ1) is 10.2. The molecule has 0 aliphatic carbocycles. The molecule has 2 nitrogen and oxygen atoms in total. The maximum Gasteiger partial charge on any atom is 0.0406 e. The molecule has 1 aliphatic heterocycles. The fraction of sp³-hybridized carbons (Fsp3) is 0.389. The lowest BCUT2D eigenvalue weighted by Crippen LogP contribution is -2.36. The fourth-order valence-corrected chi connectivity index (χ4v) is 3.13. The van der Waals surface area contributed by atoms with Gasteiger partial charge in [0, 0.05) is 35.6 Å². The summed E-state index contributed by atoms with van der Waals surface area (Å²) in [5, 5.41) is 0.769. The first kappa shape index (κ1) is 14.6. The molecule has 0 unspecified atom stereocenters. The van der Waals surface area contributed by atoms with Gasteiger partial charge in [-0.15, -0.1) is 0 Å². The summed E-state index contributed by atoms with van der Waals surface area (Å²) in [6.07, 6.45) is 7.90. The second-order valence-electron chi connectivity index (χ2n) is 5.90. The van der Waals surface area contributed by atoms with Gasteiger partial charge in [-0.2, -0.15) is 0 Å². The number of hydrogen-bond donors (Lipinski definition) is 0. The maximum atomic E-state index is 5.95. The van der Waals surface area contributed by atoms with Crippen LogP contribution >= 0.6 is 11.6 Å². The Kier molecular flexibility index (Phi) is 4.57. The van der Waals surface area contributed by atoms with Gasteiger partial charge in [0.1, 0.15) is 0 Å². The van der Waals surface area contributed by atoms with Crippen molar-refractivity contribution < 1.29 is 0 Å². The van der Waals surface area contributed by atoms with Crippen molar-refractivity contribution in [1.82, 2.24) is 9.88 Å². The zero-order valence-corrected chi connectivity index (χ0v) is 13.2. The summed E-state index contributed by atoms with van der Waals surface area (Å²) < 4.78 is 0. The van der Waals surface area contributed by atoms with E-state index in [1.807, 2.05) is 36.7 Å². The summed E-state index contributed by atoms with van der Waals surface area (Å²) >= 11 is 5.95. The van der Waals surface area contributed by atoms with E-state index in [1.54, 1.807) is 0 Å². The normalized spacial score (nSPS) is 19.6. The van der Waals surface area contributed by atoms with E-state index in [2.05, 4.69) is 22.9 Å². The van der Waals surface area contributed by atoms with Gasteiger partial charge in [-0.25, -0.2) is 0 Å². The Bertz CT molecular complexity index is 594. The number of pyridine rings is 1. The van der Waals surface area contributed by atoms with Gasteiger partial charge < -0.3 is 0 Å². The molecule has 1 fully saturated rings. The van der Waals surface area contributed by atoms with Crippen LogP contribution in [0.3, 0.4) is 0 Å². The largest absolute Gasteiger partial charge is 0.296 e.